The number of nitrogens with one attached hydrogen (secondary N) is 1. The molecular weight excluding hydrogens is 322 g/mol. The van der Waals surface area contributed by atoms with E-state index < -0.39 is 0 Å². The topological polar surface area (TPSA) is 14.0 Å². The third-order valence-electron chi connectivity index (χ3n) is 2.54. The van der Waals surface area contributed by atoms with Crippen molar-refractivity contribution in [3.8, 4) is 0 Å². The molecule has 0 heterocycles. The Hall–Kier alpha value is -1.10. The van der Waals surface area contributed by atoms with Gasteiger partial charge in [0.1, 0.15) is 0 Å². The first-order valence-electron chi connectivity index (χ1n) is 5.64. The van der Waals surface area contributed by atoms with Crippen molar-refractivity contribution in [2.24, 2.45) is 0 Å². The monoisotopic (exact) mass is 340 g/mol. The van der Waals surface area contributed by atoms with Gasteiger partial charge in [0.25, 0.3) is 0 Å². The van der Waals surface area contributed by atoms with Crippen LogP contribution in [0.2, 0.25) is 4.97 Å². The van der Waals surface area contributed by atoms with E-state index >= 15 is 0 Å². The van der Waals surface area contributed by atoms with E-state index in [-0.39, 0.29) is 20.9 Å². The molecule has 0 saturated heterocycles. The van der Waals surface area contributed by atoms with E-state index in [9.17, 15) is 0 Å². The maximum absolute atomic E-state index is 3.58. The van der Waals surface area contributed by atoms with Crippen LogP contribution < -0.4 is 4.99 Å². The van der Waals surface area contributed by atoms with Gasteiger partial charge in [-0.15, -0.1) is 0 Å². The number of hydrogen-bond donors (Lipinski definition) is 1. The molecule has 0 amide bonds. The van der Waals surface area contributed by atoms with Crippen molar-refractivity contribution in [1.29, 1.82) is 0 Å². The van der Waals surface area contributed by atoms with E-state index in [1.165, 1.54) is 14.9 Å². The average molecular weight is 338 g/mol. The zero-order chi connectivity index (χ0) is 11.9. The van der Waals surface area contributed by atoms with Crippen LogP contribution in [0.1, 0.15) is 11.1 Å². The molecule has 86 valence electrons. The van der Waals surface area contributed by atoms with E-state index in [0.717, 1.165) is 6.54 Å². The second-order valence-electron chi connectivity index (χ2n) is 3.74. The Bertz CT molecular complexity index is 477. The predicted molar refractivity (Wildman–Crippen MR) is 73.3 cm³/mol. The third kappa shape index (κ3) is 3.70. The normalized spacial score (nSPS) is 11.5. The van der Waals surface area contributed by atoms with Gasteiger partial charge in [0, 0.05) is 0 Å². The molecule has 0 aliphatic rings. The summed E-state index contributed by atoms with van der Waals surface area (Å²) in [6, 6.07) is 21.2. The van der Waals surface area contributed by atoms with Crippen LogP contribution in [0, 0.1) is 0 Å². The molecule has 0 unspecified atom stereocenters. The van der Waals surface area contributed by atoms with Gasteiger partial charge in [-0.05, 0) is 0 Å². The summed E-state index contributed by atoms with van der Waals surface area (Å²) in [4.78, 5) is 5.89. The Labute approximate surface area is 113 Å². The van der Waals surface area contributed by atoms with Gasteiger partial charge in [-0.25, -0.2) is 0 Å². The van der Waals surface area contributed by atoms with Crippen molar-refractivity contribution < 1.29 is 4.99 Å². The molecule has 0 radical (unpaired) electrons. The fourth-order valence-electron chi connectivity index (χ4n) is 1.66. The molecule has 1 N–H and O–H groups in total. The molecule has 17 heavy (non-hydrogen) atoms. The summed E-state index contributed by atoms with van der Waals surface area (Å²) < 4.78 is 1.43. The zero-order valence-electron chi connectivity index (χ0n) is 9.89. The van der Waals surface area contributed by atoms with E-state index in [0.29, 0.717) is 0 Å². The molecule has 2 aromatic rings. The molecular formula is C15H16NTe+. The van der Waals surface area contributed by atoms with Crippen LogP contribution >= 0.6 is 0 Å². The number of hydrogen-bond acceptors (Lipinski definition) is 0. The van der Waals surface area contributed by atoms with E-state index in [1.54, 1.807) is 0 Å². The first-order chi connectivity index (χ1) is 8.40. The van der Waals surface area contributed by atoms with Crippen molar-refractivity contribution in [2.45, 2.75) is 11.5 Å². The summed E-state index contributed by atoms with van der Waals surface area (Å²) in [7, 11) is 0. The van der Waals surface area contributed by atoms with Gasteiger partial charge in [0.05, 0.1) is 0 Å². The molecule has 0 atom stereocenters. The molecule has 2 rings (SSSR count). The van der Waals surface area contributed by atoms with Crippen LogP contribution in [-0.4, -0.2) is 24.7 Å². The third-order valence-corrected chi connectivity index (χ3v) is 4.79. The predicted octanol–water partition coefficient (Wildman–Crippen LogP) is 1.47. The number of rotatable bonds is 4. The quantitative estimate of drug-likeness (QED) is 0.641. The molecule has 0 fully saturated rings. The molecule has 0 saturated carbocycles. The average Bonchev–Trinajstić information content (AvgIpc) is 2.42. The van der Waals surface area contributed by atoms with Gasteiger partial charge >= 0.3 is 113 Å². The number of benzene rings is 2. The Kier molecular flexibility index (Phi) is 4.79. The van der Waals surface area contributed by atoms with Crippen molar-refractivity contribution in [3.05, 3.63) is 71.8 Å². The van der Waals surface area contributed by atoms with Gasteiger partial charge in [0.2, 0.25) is 0 Å². The summed E-state index contributed by atoms with van der Waals surface area (Å²) in [5.41, 5.74) is 2.68. The van der Waals surface area contributed by atoms with Crippen LogP contribution in [0.5, 0.6) is 0 Å². The molecule has 0 bridgehead atoms. The van der Waals surface area contributed by atoms with Gasteiger partial charge < -0.3 is 0 Å². The molecule has 0 aromatic heterocycles. The van der Waals surface area contributed by atoms with Crippen molar-refractivity contribution in [3.63, 3.8) is 0 Å². The Morgan fingerprint density at radius 3 is 2.12 bits per heavy atom. The maximum atomic E-state index is 3.58. The van der Waals surface area contributed by atoms with Crippen molar-refractivity contribution in [2.75, 3.05) is 0 Å². The van der Waals surface area contributed by atoms with E-state index in [2.05, 4.69) is 70.6 Å². The van der Waals surface area contributed by atoms with Gasteiger partial charge in [-0.2, -0.15) is 0 Å². The zero-order valence-corrected chi connectivity index (χ0v) is 12.2. The van der Waals surface area contributed by atoms with Gasteiger partial charge in [-0.1, -0.05) is 0 Å². The van der Waals surface area contributed by atoms with Crippen LogP contribution in [-0.2, 0) is 6.54 Å². The Morgan fingerprint density at radius 1 is 0.941 bits per heavy atom. The summed E-state index contributed by atoms with van der Waals surface area (Å²) in [6.45, 7) is 0.920. The van der Waals surface area contributed by atoms with Crippen molar-refractivity contribution >= 4 is 24.7 Å². The summed E-state index contributed by atoms with van der Waals surface area (Å²) in [5, 5.41) is 0. The summed E-state index contributed by atoms with van der Waals surface area (Å²) in [5.74, 6) is 0. The molecule has 0 aliphatic carbocycles. The molecule has 1 nitrogen and oxygen atoms in total. The molecule has 0 aliphatic heterocycles. The SMILES string of the molecule is C[Te]C(=[NH+]Cc1ccccc1)c1ccccc1. The Morgan fingerprint density at radius 2 is 1.53 bits per heavy atom. The van der Waals surface area contributed by atoms with E-state index in [1.807, 2.05) is 0 Å². The van der Waals surface area contributed by atoms with Crippen LogP contribution in [0.25, 0.3) is 0 Å². The summed E-state index contributed by atoms with van der Waals surface area (Å²) >= 11 is -0.103. The molecule has 0 spiro atoms. The first kappa shape index (κ1) is 12.4. The van der Waals surface area contributed by atoms with E-state index in [4.69, 9.17) is 0 Å². The second kappa shape index (κ2) is 6.59. The van der Waals surface area contributed by atoms with Crippen LogP contribution in [0.3, 0.4) is 0 Å². The fourth-order valence-corrected chi connectivity index (χ4v) is 3.34. The first-order valence-corrected chi connectivity index (χ1v) is 9.14. The minimum absolute atomic E-state index is 0.103. The van der Waals surface area contributed by atoms with Crippen molar-refractivity contribution in [1.82, 2.24) is 0 Å². The molecule has 2 aromatic carbocycles. The minimum atomic E-state index is -0.103. The molecule has 2 heteroatoms. The van der Waals surface area contributed by atoms with Gasteiger partial charge in [0.15, 0.2) is 0 Å². The van der Waals surface area contributed by atoms with Crippen LogP contribution in [0.4, 0.5) is 0 Å². The van der Waals surface area contributed by atoms with Gasteiger partial charge in [-0.3, -0.25) is 0 Å². The summed E-state index contributed by atoms with van der Waals surface area (Å²) in [6.07, 6.45) is 0. The Balaban J connectivity index is 2.14. The standard InChI is InChI=1S/C15H15NTe/c1-17-15(14-10-6-3-7-11-14)16-12-13-8-4-2-5-9-13/h2-11H,12H2,1H3/p+1. The second-order valence-corrected chi connectivity index (χ2v) is 6.07. The van der Waals surface area contributed by atoms with Crippen LogP contribution in [0.15, 0.2) is 60.7 Å². The fraction of sp³-hybridized carbons (Fsp3) is 0.133.